The SMILES string of the molecule is Cc1ccc(C(=O)NCC(O)c2ccccc2)c(C)c1. The van der Waals surface area contributed by atoms with Crippen molar-refractivity contribution in [2.75, 3.05) is 6.54 Å². The predicted octanol–water partition coefficient (Wildman–Crippen LogP) is 2.77. The highest BCUT2D eigenvalue weighted by molar-refractivity contribution is 5.95. The van der Waals surface area contributed by atoms with Crippen LogP contribution in [0.25, 0.3) is 0 Å². The molecule has 2 aromatic rings. The number of hydrogen-bond acceptors (Lipinski definition) is 2. The van der Waals surface area contributed by atoms with Gasteiger partial charge in [-0.05, 0) is 31.0 Å². The number of nitrogens with one attached hydrogen (secondary N) is 1. The van der Waals surface area contributed by atoms with Crippen molar-refractivity contribution in [3.63, 3.8) is 0 Å². The van der Waals surface area contributed by atoms with Gasteiger partial charge in [0.05, 0.1) is 6.10 Å². The first-order chi connectivity index (χ1) is 9.58. The summed E-state index contributed by atoms with van der Waals surface area (Å²) in [5, 5.41) is 12.8. The molecule has 1 unspecified atom stereocenters. The van der Waals surface area contributed by atoms with Crippen LogP contribution in [0, 0.1) is 13.8 Å². The van der Waals surface area contributed by atoms with E-state index in [1.165, 1.54) is 0 Å². The van der Waals surface area contributed by atoms with Crippen LogP contribution in [0.5, 0.6) is 0 Å². The molecule has 0 radical (unpaired) electrons. The Morgan fingerprint density at radius 1 is 1.15 bits per heavy atom. The number of rotatable bonds is 4. The van der Waals surface area contributed by atoms with Crippen LogP contribution in [-0.4, -0.2) is 17.6 Å². The minimum atomic E-state index is -0.689. The van der Waals surface area contributed by atoms with E-state index in [9.17, 15) is 9.90 Å². The molecule has 0 aliphatic rings. The van der Waals surface area contributed by atoms with E-state index in [0.717, 1.165) is 16.7 Å². The summed E-state index contributed by atoms with van der Waals surface area (Å²) in [6.07, 6.45) is -0.689. The van der Waals surface area contributed by atoms with Gasteiger partial charge in [0.2, 0.25) is 0 Å². The maximum atomic E-state index is 12.1. The molecule has 2 N–H and O–H groups in total. The zero-order chi connectivity index (χ0) is 14.5. The van der Waals surface area contributed by atoms with Gasteiger partial charge in [0.1, 0.15) is 0 Å². The molecule has 20 heavy (non-hydrogen) atoms. The molecule has 0 spiro atoms. The summed E-state index contributed by atoms with van der Waals surface area (Å²) in [6.45, 7) is 4.11. The van der Waals surface area contributed by atoms with Gasteiger partial charge in [0.15, 0.2) is 0 Å². The van der Waals surface area contributed by atoms with E-state index < -0.39 is 6.10 Å². The number of aliphatic hydroxyl groups is 1. The molecule has 1 atom stereocenters. The first-order valence-corrected chi connectivity index (χ1v) is 6.66. The van der Waals surface area contributed by atoms with Crippen molar-refractivity contribution in [3.05, 3.63) is 70.8 Å². The third-order valence-corrected chi connectivity index (χ3v) is 3.27. The van der Waals surface area contributed by atoms with Crippen LogP contribution in [0.1, 0.15) is 33.2 Å². The Hall–Kier alpha value is -2.13. The minimum absolute atomic E-state index is 0.155. The second-order valence-electron chi connectivity index (χ2n) is 4.95. The van der Waals surface area contributed by atoms with Crippen molar-refractivity contribution < 1.29 is 9.90 Å². The molecule has 2 rings (SSSR count). The molecule has 0 bridgehead atoms. The Bertz CT molecular complexity index is 593. The second-order valence-corrected chi connectivity index (χ2v) is 4.95. The topological polar surface area (TPSA) is 49.3 Å². The summed E-state index contributed by atoms with van der Waals surface area (Å²) in [4.78, 5) is 12.1. The summed E-state index contributed by atoms with van der Waals surface area (Å²) in [5.74, 6) is -0.155. The van der Waals surface area contributed by atoms with Crippen molar-refractivity contribution in [2.24, 2.45) is 0 Å². The summed E-state index contributed by atoms with van der Waals surface area (Å²) in [7, 11) is 0. The Morgan fingerprint density at radius 2 is 1.85 bits per heavy atom. The highest BCUT2D eigenvalue weighted by Gasteiger charge is 2.12. The lowest BCUT2D eigenvalue weighted by Gasteiger charge is -2.13. The standard InChI is InChI=1S/C17H19NO2/c1-12-8-9-15(13(2)10-12)17(20)18-11-16(19)14-6-4-3-5-7-14/h3-10,16,19H,11H2,1-2H3,(H,18,20). The maximum absolute atomic E-state index is 12.1. The minimum Gasteiger partial charge on any atom is -0.387 e. The van der Waals surface area contributed by atoms with Gasteiger partial charge < -0.3 is 10.4 Å². The van der Waals surface area contributed by atoms with Crippen LogP contribution in [0.15, 0.2) is 48.5 Å². The van der Waals surface area contributed by atoms with Gasteiger partial charge in [-0.25, -0.2) is 0 Å². The second kappa shape index (κ2) is 6.35. The van der Waals surface area contributed by atoms with Gasteiger partial charge in [0, 0.05) is 12.1 Å². The Morgan fingerprint density at radius 3 is 2.50 bits per heavy atom. The fourth-order valence-corrected chi connectivity index (χ4v) is 2.15. The molecule has 1 amide bonds. The van der Waals surface area contributed by atoms with E-state index >= 15 is 0 Å². The van der Waals surface area contributed by atoms with Crippen molar-refractivity contribution in [3.8, 4) is 0 Å². The molecule has 3 nitrogen and oxygen atoms in total. The average Bonchev–Trinajstić information content (AvgIpc) is 2.45. The lowest BCUT2D eigenvalue weighted by atomic mass is 10.0. The summed E-state index contributed by atoms with van der Waals surface area (Å²) in [5.41, 5.74) is 3.52. The molecule has 0 fully saturated rings. The van der Waals surface area contributed by atoms with E-state index in [0.29, 0.717) is 5.56 Å². The number of benzene rings is 2. The molecule has 0 aliphatic carbocycles. The third-order valence-electron chi connectivity index (χ3n) is 3.27. The van der Waals surface area contributed by atoms with Gasteiger partial charge in [-0.15, -0.1) is 0 Å². The molecule has 104 valence electrons. The Labute approximate surface area is 119 Å². The van der Waals surface area contributed by atoms with E-state index in [1.54, 1.807) is 0 Å². The highest BCUT2D eigenvalue weighted by atomic mass is 16.3. The zero-order valence-electron chi connectivity index (χ0n) is 11.8. The number of aliphatic hydroxyl groups excluding tert-OH is 1. The van der Waals surface area contributed by atoms with Crippen LogP contribution in [-0.2, 0) is 0 Å². The number of hydrogen-bond donors (Lipinski definition) is 2. The Balaban J connectivity index is 1.99. The number of carbonyl (C=O) groups excluding carboxylic acids is 1. The van der Waals surface area contributed by atoms with E-state index in [4.69, 9.17) is 0 Å². The van der Waals surface area contributed by atoms with Gasteiger partial charge >= 0.3 is 0 Å². The first kappa shape index (κ1) is 14.3. The molecule has 0 aliphatic heterocycles. The van der Waals surface area contributed by atoms with Gasteiger partial charge in [-0.1, -0.05) is 48.0 Å². The van der Waals surface area contributed by atoms with Crippen LogP contribution >= 0.6 is 0 Å². The van der Waals surface area contributed by atoms with E-state index in [1.807, 2.05) is 62.4 Å². The summed E-state index contributed by atoms with van der Waals surface area (Å²) in [6, 6.07) is 15.0. The number of aryl methyl sites for hydroxylation is 2. The summed E-state index contributed by atoms with van der Waals surface area (Å²) < 4.78 is 0. The Kier molecular flexibility index (Phi) is 4.53. The van der Waals surface area contributed by atoms with Gasteiger partial charge in [-0.2, -0.15) is 0 Å². The van der Waals surface area contributed by atoms with Gasteiger partial charge in [0.25, 0.3) is 5.91 Å². The molecular weight excluding hydrogens is 250 g/mol. The third kappa shape index (κ3) is 3.45. The summed E-state index contributed by atoms with van der Waals surface area (Å²) >= 11 is 0. The highest BCUT2D eigenvalue weighted by Crippen LogP contribution is 2.13. The lowest BCUT2D eigenvalue weighted by molar-refractivity contribution is 0.0915. The molecule has 0 heterocycles. The van der Waals surface area contributed by atoms with E-state index in [2.05, 4.69) is 5.32 Å². The van der Waals surface area contributed by atoms with Crippen molar-refractivity contribution in [1.29, 1.82) is 0 Å². The molecule has 0 aromatic heterocycles. The van der Waals surface area contributed by atoms with Crippen molar-refractivity contribution in [2.45, 2.75) is 20.0 Å². The molecular formula is C17H19NO2. The first-order valence-electron chi connectivity index (χ1n) is 6.66. The molecule has 0 saturated carbocycles. The number of amides is 1. The molecule has 2 aromatic carbocycles. The monoisotopic (exact) mass is 269 g/mol. The average molecular weight is 269 g/mol. The fraction of sp³-hybridized carbons (Fsp3) is 0.235. The van der Waals surface area contributed by atoms with Crippen LogP contribution in [0.4, 0.5) is 0 Å². The van der Waals surface area contributed by atoms with Crippen LogP contribution < -0.4 is 5.32 Å². The van der Waals surface area contributed by atoms with E-state index in [-0.39, 0.29) is 12.5 Å². The van der Waals surface area contributed by atoms with Crippen molar-refractivity contribution >= 4 is 5.91 Å². The largest absolute Gasteiger partial charge is 0.387 e. The zero-order valence-corrected chi connectivity index (χ0v) is 11.8. The van der Waals surface area contributed by atoms with Crippen molar-refractivity contribution in [1.82, 2.24) is 5.32 Å². The van der Waals surface area contributed by atoms with Crippen LogP contribution in [0.3, 0.4) is 0 Å². The smallest absolute Gasteiger partial charge is 0.251 e. The van der Waals surface area contributed by atoms with Gasteiger partial charge in [-0.3, -0.25) is 4.79 Å². The normalized spacial score (nSPS) is 11.9. The van der Waals surface area contributed by atoms with Crippen LogP contribution in [0.2, 0.25) is 0 Å². The fourth-order valence-electron chi connectivity index (χ4n) is 2.15. The lowest BCUT2D eigenvalue weighted by Crippen LogP contribution is -2.28. The number of carbonyl (C=O) groups is 1. The molecule has 3 heteroatoms. The quantitative estimate of drug-likeness (QED) is 0.896. The molecule has 0 saturated heterocycles. The maximum Gasteiger partial charge on any atom is 0.251 e. The predicted molar refractivity (Wildman–Crippen MR) is 79.7 cm³/mol.